The van der Waals surface area contributed by atoms with Crippen LogP contribution in [0.4, 0.5) is 5.69 Å². The number of carbonyl (C=O) groups excluding carboxylic acids is 1. The van der Waals surface area contributed by atoms with Crippen molar-refractivity contribution in [2.75, 3.05) is 12.8 Å². The summed E-state index contributed by atoms with van der Waals surface area (Å²) in [7, 11) is 1.57. The Morgan fingerprint density at radius 3 is 2.21 bits per heavy atom. The third-order valence-corrected chi connectivity index (χ3v) is 2.99. The van der Waals surface area contributed by atoms with Crippen molar-refractivity contribution < 1.29 is 9.53 Å². The highest BCUT2D eigenvalue weighted by Gasteiger charge is 2.13. The molecule has 98 valence electrons. The molecule has 0 aliphatic carbocycles. The minimum Gasteiger partial charge on any atom is -0.497 e. The number of carbonyl (C=O) groups is 1. The van der Waals surface area contributed by atoms with Crippen LogP contribution in [-0.2, 0) is 0 Å². The van der Waals surface area contributed by atoms with Gasteiger partial charge in [0.15, 0.2) is 5.78 Å². The molecule has 2 aromatic carbocycles. The number of methoxy groups -OCH3 is 1. The number of ether oxygens (including phenoxy) is 1. The van der Waals surface area contributed by atoms with Gasteiger partial charge >= 0.3 is 0 Å². The van der Waals surface area contributed by atoms with E-state index in [9.17, 15) is 4.79 Å². The molecule has 2 aromatic rings. The predicted molar refractivity (Wildman–Crippen MR) is 76.8 cm³/mol. The summed E-state index contributed by atoms with van der Waals surface area (Å²) in [6.45, 7) is 3.95. The molecule has 19 heavy (non-hydrogen) atoms. The van der Waals surface area contributed by atoms with Gasteiger partial charge in [0.1, 0.15) is 5.75 Å². The molecule has 0 radical (unpaired) electrons. The van der Waals surface area contributed by atoms with E-state index < -0.39 is 0 Å². The van der Waals surface area contributed by atoms with Gasteiger partial charge < -0.3 is 10.5 Å². The van der Waals surface area contributed by atoms with Crippen LogP contribution in [0.3, 0.4) is 0 Å². The SMILES string of the molecule is COc1ccc(C(=O)c2cc(C)cc(C)c2)c(N)c1. The summed E-state index contributed by atoms with van der Waals surface area (Å²) < 4.78 is 5.08. The molecule has 0 aromatic heterocycles. The number of nitrogen functional groups attached to an aromatic ring is 1. The van der Waals surface area contributed by atoms with Crippen molar-refractivity contribution in [1.82, 2.24) is 0 Å². The Kier molecular flexibility index (Phi) is 3.56. The zero-order valence-electron chi connectivity index (χ0n) is 11.4. The standard InChI is InChI=1S/C16H17NO2/c1-10-6-11(2)8-12(7-10)16(18)14-5-4-13(19-3)9-15(14)17/h4-9H,17H2,1-3H3. The van der Waals surface area contributed by atoms with Gasteiger partial charge in [-0.3, -0.25) is 4.79 Å². The molecule has 0 aliphatic rings. The summed E-state index contributed by atoms with van der Waals surface area (Å²) in [5, 5.41) is 0. The summed E-state index contributed by atoms with van der Waals surface area (Å²) in [5.41, 5.74) is 9.64. The molecular formula is C16H17NO2. The number of benzene rings is 2. The largest absolute Gasteiger partial charge is 0.497 e. The molecule has 0 bridgehead atoms. The fourth-order valence-electron chi connectivity index (χ4n) is 2.14. The lowest BCUT2D eigenvalue weighted by atomic mass is 9.98. The highest BCUT2D eigenvalue weighted by molar-refractivity contribution is 6.12. The highest BCUT2D eigenvalue weighted by Crippen LogP contribution is 2.23. The molecule has 0 amide bonds. The van der Waals surface area contributed by atoms with Gasteiger partial charge in [-0.2, -0.15) is 0 Å². The van der Waals surface area contributed by atoms with Crippen LogP contribution in [0, 0.1) is 13.8 Å². The first-order valence-electron chi connectivity index (χ1n) is 6.08. The Morgan fingerprint density at radius 1 is 1.05 bits per heavy atom. The lowest BCUT2D eigenvalue weighted by Gasteiger charge is -2.08. The van der Waals surface area contributed by atoms with Gasteiger partial charge in [-0.05, 0) is 38.1 Å². The number of rotatable bonds is 3. The number of hydrogen-bond acceptors (Lipinski definition) is 3. The van der Waals surface area contributed by atoms with Gasteiger partial charge in [0.25, 0.3) is 0 Å². The van der Waals surface area contributed by atoms with Crippen molar-refractivity contribution >= 4 is 11.5 Å². The van der Waals surface area contributed by atoms with Crippen LogP contribution < -0.4 is 10.5 Å². The zero-order chi connectivity index (χ0) is 14.0. The first kappa shape index (κ1) is 13.1. The summed E-state index contributed by atoms with van der Waals surface area (Å²) >= 11 is 0. The Labute approximate surface area is 113 Å². The van der Waals surface area contributed by atoms with E-state index in [1.807, 2.05) is 32.0 Å². The van der Waals surface area contributed by atoms with E-state index in [0.717, 1.165) is 11.1 Å². The Morgan fingerprint density at radius 2 is 1.68 bits per heavy atom. The fourth-order valence-corrected chi connectivity index (χ4v) is 2.14. The molecule has 0 aliphatic heterocycles. The molecule has 0 unspecified atom stereocenters. The Hall–Kier alpha value is -2.29. The summed E-state index contributed by atoms with van der Waals surface area (Å²) in [4.78, 5) is 12.5. The van der Waals surface area contributed by atoms with E-state index in [-0.39, 0.29) is 5.78 Å². The van der Waals surface area contributed by atoms with Gasteiger partial charge in [-0.15, -0.1) is 0 Å². The van der Waals surface area contributed by atoms with E-state index in [4.69, 9.17) is 10.5 Å². The quantitative estimate of drug-likeness (QED) is 0.677. The molecule has 0 saturated carbocycles. The van der Waals surface area contributed by atoms with Gasteiger partial charge in [0, 0.05) is 22.9 Å². The summed E-state index contributed by atoms with van der Waals surface area (Å²) in [6, 6.07) is 10.9. The van der Waals surface area contributed by atoms with Crippen LogP contribution in [0.1, 0.15) is 27.0 Å². The van der Waals surface area contributed by atoms with Crippen molar-refractivity contribution in [3.8, 4) is 5.75 Å². The second-order valence-corrected chi connectivity index (χ2v) is 4.66. The third-order valence-electron chi connectivity index (χ3n) is 2.99. The van der Waals surface area contributed by atoms with Crippen LogP contribution >= 0.6 is 0 Å². The Balaban J connectivity index is 2.44. The first-order chi connectivity index (χ1) is 9.01. The molecule has 3 nitrogen and oxygen atoms in total. The maximum atomic E-state index is 12.5. The summed E-state index contributed by atoms with van der Waals surface area (Å²) in [6.07, 6.45) is 0. The molecule has 2 N–H and O–H groups in total. The third kappa shape index (κ3) is 2.76. The fraction of sp³-hybridized carbons (Fsp3) is 0.188. The minimum absolute atomic E-state index is 0.0630. The average Bonchev–Trinajstić information content (AvgIpc) is 2.36. The van der Waals surface area contributed by atoms with E-state index in [0.29, 0.717) is 22.6 Å². The highest BCUT2D eigenvalue weighted by atomic mass is 16.5. The maximum Gasteiger partial charge on any atom is 0.195 e. The second kappa shape index (κ2) is 5.14. The van der Waals surface area contributed by atoms with Gasteiger partial charge in [0.2, 0.25) is 0 Å². The van der Waals surface area contributed by atoms with E-state index in [2.05, 4.69) is 0 Å². The van der Waals surface area contributed by atoms with Crippen molar-refractivity contribution in [2.24, 2.45) is 0 Å². The van der Waals surface area contributed by atoms with Crippen LogP contribution in [-0.4, -0.2) is 12.9 Å². The number of anilines is 1. The summed E-state index contributed by atoms with van der Waals surface area (Å²) in [5.74, 6) is 0.585. The van der Waals surface area contributed by atoms with Crippen molar-refractivity contribution in [3.63, 3.8) is 0 Å². The molecule has 0 spiro atoms. The van der Waals surface area contributed by atoms with E-state index in [1.165, 1.54) is 0 Å². The number of hydrogen-bond donors (Lipinski definition) is 1. The van der Waals surface area contributed by atoms with Crippen molar-refractivity contribution in [2.45, 2.75) is 13.8 Å². The molecule has 2 rings (SSSR count). The first-order valence-corrected chi connectivity index (χ1v) is 6.08. The molecular weight excluding hydrogens is 238 g/mol. The molecule has 0 atom stereocenters. The normalized spacial score (nSPS) is 10.3. The van der Waals surface area contributed by atoms with Crippen LogP contribution in [0.25, 0.3) is 0 Å². The van der Waals surface area contributed by atoms with Crippen LogP contribution in [0.5, 0.6) is 5.75 Å². The molecule has 0 saturated heterocycles. The Bertz CT molecular complexity index is 612. The average molecular weight is 255 g/mol. The topological polar surface area (TPSA) is 52.3 Å². The lowest BCUT2D eigenvalue weighted by molar-refractivity contribution is 0.103. The van der Waals surface area contributed by atoms with E-state index in [1.54, 1.807) is 25.3 Å². The smallest absolute Gasteiger partial charge is 0.195 e. The predicted octanol–water partition coefficient (Wildman–Crippen LogP) is 3.13. The molecule has 0 heterocycles. The monoisotopic (exact) mass is 255 g/mol. The number of aryl methyl sites for hydroxylation is 2. The molecule has 3 heteroatoms. The van der Waals surface area contributed by atoms with E-state index >= 15 is 0 Å². The second-order valence-electron chi connectivity index (χ2n) is 4.66. The van der Waals surface area contributed by atoms with Crippen molar-refractivity contribution in [1.29, 1.82) is 0 Å². The minimum atomic E-state index is -0.0630. The molecule has 0 fully saturated rings. The number of ketones is 1. The van der Waals surface area contributed by atoms with Gasteiger partial charge in [0.05, 0.1) is 7.11 Å². The zero-order valence-corrected chi connectivity index (χ0v) is 11.4. The lowest BCUT2D eigenvalue weighted by Crippen LogP contribution is -2.06. The maximum absolute atomic E-state index is 12.5. The number of nitrogens with two attached hydrogens (primary N) is 1. The van der Waals surface area contributed by atoms with Gasteiger partial charge in [-0.1, -0.05) is 17.2 Å². The van der Waals surface area contributed by atoms with Gasteiger partial charge in [-0.25, -0.2) is 0 Å². The van der Waals surface area contributed by atoms with Crippen molar-refractivity contribution in [3.05, 3.63) is 58.7 Å². The van der Waals surface area contributed by atoms with Crippen LogP contribution in [0.2, 0.25) is 0 Å². The van der Waals surface area contributed by atoms with Crippen LogP contribution in [0.15, 0.2) is 36.4 Å².